The van der Waals surface area contributed by atoms with Gasteiger partial charge in [0.15, 0.2) is 0 Å². The first kappa shape index (κ1) is 15.7. The minimum atomic E-state index is -0.551. The molecule has 6 heteroatoms. The maximum atomic E-state index is 12.1. The summed E-state index contributed by atoms with van der Waals surface area (Å²) in [7, 11) is 0. The average molecular weight is 300 g/mol. The summed E-state index contributed by atoms with van der Waals surface area (Å²) >= 11 is 0. The molecule has 22 heavy (non-hydrogen) atoms. The monoisotopic (exact) mass is 300 g/mol. The smallest absolute Gasteiger partial charge is 0.270 e. The predicted molar refractivity (Wildman–Crippen MR) is 81.6 cm³/mol. The van der Waals surface area contributed by atoms with Gasteiger partial charge in [0.2, 0.25) is 0 Å². The molecule has 0 heterocycles. The summed E-state index contributed by atoms with van der Waals surface area (Å²) < 4.78 is 0. The van der Waals surface area contributed by atoms with Gasteiger partial charge in [0, 0.05) is 17.7 Å². The second-order valence-corrected chi connectivity index (χ2v) is 4.85. The molecule has 0 fully saturated rings. The second-order valence-electron chi connectivity index (χ2n) is 4.85. The molecule has 0 aliphatic rings. The van der Waals surface area contributed by atoms with Gasteiger partial charge in [-0.05, 0) is 18.1 Å². The number of nitrogens with one attached hydrogen (secondary N) is 1. The lowest BCUT2D eigenvalue weighted by molar-refractivity contribution is -0.384. The lowest BCUT2D eigenvalue weighted by Gasteiger charge is -2.16. The summed E-state index contributed by atoms with van der Waals surface area (Å²) in [5.41, 5.74) is 1.04. The number of hydrogen-bond donors (Lipinski definition) is 2. The van der Waals surface area contributed by atoms with Crippen molar-refractivity contribution in [2.45, 2.75) is 12.5 Å². The zero-order chi connectivity index (χ0) is 15.9. The van der Waals surface area contributed by atoms with Gasteiger partial charge in [0.1, 0.15) is 0 Å². The Morgan fingerprint density at radius 3 is 2.55 bits per heavy atom. The SMILES string of the molecule is O=C(N[C@H](CO)Cc1ccccc1)c1cccc([N+](=O)[O-])c1. The predicted octanol–water partition coefficient (Wildman–Crippen LogP) is 1.93. The Hall–Kier alpha value is -2.73. The molecule has 0 spiro atoms. The number of nitro benzene ring substituents is 1. The number of aliphatic hydroxyl groups is 1. The van der Waals surface area contributed by atoms with Crippen LogP contribution in [0.25, 0.3) is 0 Å². The van der Waals surface area contributed by atoms with E-state index in [1.165, 1.54) is 24.3 Å². The Kier molecular flexibility index (Phi) is 5.21. The molecule has 2 aromatic rings. The van der Waals surface area contributed by atoms with E-state index < -0.39 is 16.9 Å². The number of rotatable bonds is 6. The van der Waals surface area contributed by atoms with E-state index in [-0.39, 0.29) is 17.9 Å². The minimum absolute atomic E-state index is 0.142. The van der Waals surface area contributed by atoms with Crippen molar-refractivity contribution in [3.63, 3.8) is 0 Å². The minimum Gasteiger partial charge on any atom is -0.394 e. The van der Waals surface area contributed by atoms with Gasteiger partial charge in [0.25, 0.3) is 11.6 Å². The standard InChI is InChI=1S/C16H16N2O4/c19-11-14(9-12-5-2-1-3-6-12)17-16(20)13-7-4-8-15(10-13)18(21)22/h1-8,10,14,19H,9,11H2,(H,17,20)/t14-/m0/s1. The van der Waals surface area contributed by atoms with Crippen LogP contribution in [-0.4, -0.2) is 28.6 Å². The third-order valence-electron chi connectivity index (χ3n) is 3.20. The second kappa shape index (κ2) is 7.33. The Morgan fingerprint density at radius 1 is 1.18 bits per heavy atom. The zero-order valence-corrected chi connectivity index (χ0v) is 11.8. The van der Waals surface area contributed by atoms with Crippen LogP contribution in [0.4, 0.5) is 5.69 Å². The third kappa shape index (κ3) is 4.13. The van der Waals surface area contributed by atoms with E-state index in [0.717, 1.165) is 5.56 Å². The number of aliphatic hydroxyl groups excluding tert-OH is 1. The van der Waals surface area contributed by atoms with Crippen LogP contribution < -0.4 is 5.32 Å². The fourth-order valence-electron chi connectivity index (χ4n) is 2.09. The van der Waals surface area contributed by atoms with Crippen molar-refractivity contribution in [2.75, 3.05) is 6.61 Å². The fraction of sp³-hybridized carbons (Fsp3) is 0.188. The molecule has 0 unspecified atom stereocenters. The molecular formula is C16H16N2O4. The average Bonchev–Trinajstić information content (AvgIpc) is 2.55. The lowest BCUT2D eigenvalue weighted by atomic mass is 10.1. The Bertz CT molecular complexity index is 658. The first-order chi connectivity index (χ1) is 10.6. The molecule has 114 valence electrons. The number of nitrogens with zero attached hydrogens (tertiary/aromatic N) is 1. The molecule has 0 aliphatic heterocycles. The number of carbonyl (C=O) groups excluding carboxylic acids is 1. The van der Waals surface area contributed by atoms with Gasteiger partial charge in [-0.15, -0.1) is 0 Å². The van der Waals surface area contributed by atoms with Crippen LogP contribution >= 0.6 is 0 Å². The molecule has 0 aliphatic carbocycles. The van der Waals surface area contributed by atoms with Gasteiger partial charge < -0.3 is 10.4 Å². The molecular weight excluding hydrogens is 284 g/mol. The van der Waals surface area contributed by atoms with Gasteiger partial charge >= 0.3 is 0 Å². The van der Waals surface area contributed by atoms with Crippen molar-refractivity contribution in [1.29, 1.82) is 0 Å². The molecule has 6 nitrogen and oxygen atoms in total. The lowest BCUT2D eigenvalue weighted by Crippen LogP contribution is -2.39. The van der Waals surface area contributed by atoms with E-state index in [2.05, 4.69) is 5.32 Å². The first-order valence-electron chi connectivity index (χ1n) is 6.80. The van der Waals surface area contributed by atoms with E-state index in [1.54, 1.807) is 0 Å². The molecule has 0 bridgehead atoms. The molecule has 2 aromatic carbocycles. The van der Waals surface area contributed by atoms with Crippen LogP contribution in [0.1, 0.15) is 15.9 Å². The van der Waals surface area contributed by atoms with Gasteiger partial charge in [-0.1, -0.05) is 36.4 Å². The van der Waals surface area contributed by atoms with Crippen LogP contribution in [0.15, 0.2) is 54.6 Å². The highest BCUT2D eigenvalue weighted by molar-refractivity contribution is 5.95. The van der Waals surface area contributed by atoms with Crippen LogP contribution in [0.3, 0.4) is 0 Å². The maximum absolute atomic E-state index is 12.1. The molecule has 2 rings (SSSR count). The quantitative estimate of drug-likeness (QED) is 0.629. The number of nitro groups is 1. The summed E-state index contributed by atoms with van der Waals surface area (Å²) in [6.07, 6.45) is 0.484. The van der Waals surface area contributed by atoms with Crippen molar-refractivity contribution in [3.05, 3.63) is 75.8 Å². The summed E-state index contributed by atoms with van der Waals surface area (Å²) in [6, 6.07) is 14.5. The number of hydrogen-bond acceptors (Lipinski definition) is 4. The van der Waals surface area contributed by atoms with Crippen LogP contribution in [0, 0.1) is 10.1 Å². The van der Waals surface area contributed by atoms with Gasteiger partial charge in [-0.3, -0.25) is 14.9 Å². The summed E-state index contributed by atoms with van der Waals surface area (Å²) in [5, 5.41) is 22.8. The molecule has 0 saturated carbocycles. The highest BCUT2D eigenvalue weighted by Crippen LogP contribution is 2.13. The summed E-state index contributed by atoms with van der Waals surface area (Å²) in [5.74, 6) is -0.446. The van der Waals surface area contributed by atoms with Crippen molar-refractivity contribution < 1.29 is 14.8 Å². The van der Waals surface area contributed by atoms with Gasteiger partial charge in [-0.25, -0.2) is 0 Å². The van der Waals surface area contributed by atoms with E-state index in [9.17, 15) is 20.0 Å². The normalized spacial score (nSPS) is 11.7. The number of benzene rings is 2. The molecule has 2 N–H and O–H groups in total. The van der Waals surface area contributed by atoms with E-state index in [1.807, 2.05) is 30.3 Å². The molecule has 0 radical (unpaired) electrons. The number of non-ortho nitro benzene ring substituents is 1. The van der Waals surface area contributed by atoms with Crippen LogP contribution in [0.2, 0.25) is 0 Å². The first-order valence-corrected chi connectivity index (χ1v) is 6.80. The van der Waals surface area contributed by atoms with E-state index in [4.69, 9.17) is 0 Å². The maximum Gasteiger partial charge on any atom is 0.270 e. The molecule has 1 atom stereocenters. The molecule has 0 saturated heterocycles. The third-order valence-corrected chi connectivity index (χ3v) is 3.20. The summed E-state index contributed by atoms with van der Waals surface area (Å²) in [4.78, 5) is 22.3. The number of amides is 1. The van der Waals surface area contributed by atoms with Gasteiger partial charge in [-0.2, -0.15) is 0 Å². The largest absolute Gasteiger partial charge is 0.394 e. The Labute approximate surface area is 127 Å². The highest BCUT2D eigenvalue weighted by Gasteiger charge is 2.16. The summed E-state index contributed by atoms with van der Waals surface area (Å²) in [6.45, 7) is -0.213. The van der Waals surface area contributed by atoms with Crippen molar-refractivity contribution in [1.82, 2.24) is 5.32 Å². The van der Waals surface area contributed by atoms with E-state index >= 15 is 0 Å². The van der Waals surface area contributed by atoms with Crippen LogP contribution in [0.5, 0.6) is 0 Å². The number of carbonyl (C=O) groups is 1. The van der Waals surface area contributed by atoms with Gasteiger partial charge in [0.05, 0.1) is 17.6 Å². The highest BCUT2D eigenvalue weighted by atomic mass is 16.6. The Morgan fingerprint density at radius 2 is 1.91 bits per heavy atom. The van der Waals surface area contributed by atoms with Crippen molar-refractivity contribution >= 4 is 11.6 Å². The topological polar surface area (TPSA) is 92.5 Å². The van der Waals surface area contributed by atoms with Crippen molar-refractivity contribution in [3.8, 4) is 0 Å². The van der Waals surface area contributed by atoms with Crippen molar-refractivity contribution in [2.24, 2.45) is 0 Å². The Balaban J connectivity index is 2.06. The molecule has 1 amide bonds. The van der Waals surface area contributed by atoms with E-state index in [0.29, 0.717) is 6.42 Å². The zero-order valence-electron chi connectivity index (χ0n) is 11.8. The fourth-order valence-corrected chi connectivity index (χ4v) is 2.09. The van der Waals surface area contributed by atoms with Crippen LogP contribution in [-0.2, 0) is 6.42 Å². The molecule has 0 aromatic heterocycles.